The summed E-state index contributed by atoms with van der Waals surface area (Å²) in [6.45, 7) is 4.36. The molecule has 0 spiro atoms. The standard InChI is InChI=1S/C6H12O3/c1-3-8-6(2)9-5-4-7/h4,6H,3,5H2,1-2H3. The lowest BCUT2D eigenvalue weighted by molar-refractivity contribution is -0.139. The van der Waals surface area contributed by atoms with Crippen molar-refractivity contribution < 1.29 is 14.3 Å². The summed E-state index contributed by atoms with van der Waals surface area (Å²) in [6, 6.07) is 0. The summed E-state index contributed by atoms with van der Waals surface area (Å²) < 4.78 is 9.80. The third-order valence-electron chi connectivity index (χ3n) is 0.800. The predicted molar refractivity (Wildman–Crippen MR) is 33.1 cm³/mol. The van der Waals surface area contributed by atoms with E-state index in [4.69, 9.17) is 9.47 Å². The van der Waals surface area contributed by atoms with Gasteiger partial charge < -0.3 is 14.3 Å². The zero-order valence-electron chi connectivity index (χ0n) is 5.79. The molecule has 3 nitrogen and oxygen atoms in total. The van der Waals surface area contributed by atoms with Gasteiger partial charge in [-0.05, 0) is 13.8 Å². The summed E-state index contributed by atoms with van der Waals surface area (Å²) >= 11 is 0. The fraction of sp³-hybridized carbons (Fsp3) is 0.833. The van der Waals surface area contributed by atoms with Gasteiger partial charge in [0.15, 0.2) is 6.29 Å². The summed E-state index contributed by atoms with van der Waals surface area (Å²) in [7, 11) is 0. The van der Waals surface area contributed by atoms with Gasteiger partial charge in [0, 0.05) is 6.61 Å². The number of rotatable bonds is 5. The molecule has 1 unspecified atom stereocenters. The lowest BCUT2D eigenvalue weighted by Crippen LogP contribution is -2.13. The van der Waals surface area contributed by atoms with Crippen LogP contribution in [0.15, 0.2) is 0 Å². The van der Waals surface area contributed by atoms with Crippen LogP contribution in [0.3, 0.4) is 0 Å². The van der Waals surface area contributed by atoms with E-state index >= 15 is 0 Å². The normalized spacial score (nSPS) is 13.1. The zero-order chi connectivity index (χ0) is 7.11. The lowest BCUT2D eigenvalue weighted by atomic mass is 10.7. The van der Waals surface area contributed by atoms with Gasteiger partial charge in [0.2, 0.25) is 0 Å². The molecule has 0 aliphatic rings. The van der Waals surface area contributed by atoms with Crippen molar-refractivity contribution in [3.8, 4) is 0 Å². The largest absolute Gasteiger partial charge is 0.353 e. The molecule has 0 aromatic carbocycles. The van der Waals surface area contributed by atoms with Gasteiger partial charge in [0.25, 0.3) is 0 Å². The second kappa shape index (κ2) is 5.72. The summed E-state index contributed by atoms with van der Waals surface area (Å²) in [5.41, 5.74) is 0. The lowest BCUT2D eigenvalue weighted by Gasteiger charge is -2.09. The molecule has 0 fully saturated rings. The molecule has 0 aromatic heterocycles. The monoisotopic (exact) mass is 132 g/mol. The van der Waals surface area contributed by atoms with Crippen LogP contribution in [-0.2, 0) is 14.3 Å². The number of carbonyl (C=O) groups is 1. The maximum absolute atomic E-state index is 9.73. The average Bonchev–Trinajstić information content (AvgIpc) is 1.85. The van der Waals surface area contributed by atoms with Crippen molar-refractivity contribution in [3.63, 3.8) is 0 Å². The highest BCUT2D eigenvalue weighted by Crippen LogP contribution is 1.89. The molecule has 0 aromatic rings. The first kappa shape index (κ1) is 8.59. The Morgan fingerprint density at radius 3 is 2.67 bits per heavy atom. The van der Waals surface area contributed by atoms with Gasteiger partial charge in [-0.3, -0.25) is 0 Å². The van der Waals surface area contributed by atoms with Crippen molar-refractivity contribution in [2.75, 3.05) is 13.2 Å². The fourth-order valence-electron chi connectivity index (χ4n) is 0.458. The molecule has 9 heavy (non-hydrogen) atoms. The van der Waals surface area contributed by atoms with Crippen LogP contribution in [0.4, 0.5) is 0 Å². The van der Waals surface area contributed by atoms with Gasteiger partial charge in [-0.15, -0.1) is 0 Å². The van der Waals surface area contributed by atoms with Crippen molar-refractivity contribution >= 4 is 6.29 Å². The van der Waals surface area contributed by atoms with Crippen LogP contribution >= 0.6 is 0 Å². The van der Waals surface area contributed by atoms with Gasteiger partial charge in [-0.1, -0.05) is 0 Å². The van der Waals surface area contributed by atoms with Crippen molar-refractivity contribution in [2.45, 2.75) is 20.1 Å². The van der Waals surface area contributed by atoms with Crippen molar-refractivity contribution in [2.24, 2.45) is 0 Å². The van der Waals surface area contributed by atoms with Crippen molar-refractivity contribution in [1.29, 1.82) is 0 Å². The summed E-state index contributed by atoms with van der Waals surface area (Å²) in [5.74, 6) is 0. The maximum atomic E-state index is 9.73. The minimum atomic E-state index is -0.264. The highest BCUT2D eigenvalue weighted by atomic mass is 16.7. The van der Waals surface area contributed by atoms with Crippen LogP contribution in [0.25, 0.3) is 0 Å². The van der Waals surface area contributed by atoms with E-state index in [0.717, 1.165) is 0 Å². The van der Waals surface area contributed by atoms with Crippen LogP contribution < -0.4 is 0 Å². The molecule has 0 amide bonds. The number of ether oxygens (including phenoxy) is 2. The Bertz CT molecular complexity index is 72.7. The number of aldehydes is 1. The summed E-state index contributed by atoms with van der Waals surface area (Å²) in [5, 5.41) is 0. The minimum Gasteiger partial charge on any atom is -0.353 e. The number of carbonyl (C=O) groups excluding carboxylic acids is 1. The fourth-order valence-corrected chi connectivity index (χ4v) is 0.458. The summed E-state index contributed by atoms with van der Waals surface area (Å²) in [6.07, 6.45) is 0.440. The highest BCUT2D eigenvalue weighted by Gasteiger charge is 1.96. The molecular formula is C6H12O3. The van der Waals surface area contributed by atoms with Crippen LogP contribution in [0.5, 0.6) is 0 Å². The van der Waals surface area contributed by atoms with Crippen LogP contribution in [0.2, 0.25) is 0 Å². The van der Waals surface area contributed by atoms with Gasteiger partial charge in [-0.2, -0.15) is 0 Å². The molecule has 0 radical (unpaired) electrons. The molecule has 54 valence electrons. The average molecular weight is 132 g/mol. The Hall–Kier alpha value is -0.410. The second-order valence-electron chi connectivity index (χ2n) is 1.52. The molecule has 0 aliphatic heterocycles. The Morgan fingerprint density at radius 1 is 1.56 bits per heavy atom. The van der Waals surface area contributed by atoms with E-state index in [1.165, 1.54) is 0 Å². The van der Waals surface area contributed by atoms with Crippen LogP contribution in [0.1, 0.15) is 13.8 Å². The van der Waals surface area contributed by atoms with E-state index in [1.807, 2.05) is 6.92 Å². The molecule has 0 aliphatic carbocycles. The first-order chi connectivity index (χ1) is 4.31. The summed E-state index contributed by atoms with van der Waals surface area (Å²) in [4.78, 5) is 9.73. The van der Waals surface area contributed by atoms with E-state index in [1.54, 1.807) is 6.92 Å². The van der Waals surface area contributed by atoms with E-state index in [9.17, 15) is 4.79 Å². The molecule has 0 rings (SSSR count). The van der Waals surface area contributed by atoms with Gasteiger partial charge in [0.1, 0.15) is 12.9 Å². The maximum Gasteiger partial charge on any atom is 0.155 e. The minimum absolute atomic E-state index is 0.112. The van der Waals surface area contributed by atoms with Crippen molar-refractivity contribution in [1.82, 2.24) is 0 Å². The van der Waals surface area contributed by atoms with E-state index in [-0.39, 0.29) is 12.9 Å². The Balaban J connectivity index is 3.04. The number of hydrogen-bond acceptors (Lipinski definition) is 3. The topological polar surface area (TPSA) is 35.5 Å². The molecule has 0 bridgehead atoms. The second-order valence-corrected chi connectivity index (χ2v) is 1.52. The molecular weight excluding hydrogens is 120 g/mol. The predicted octanol–water partition coefficient (Wildman–Crippen LogP) is 0.584. The van der Waals surface area contributed by atoms with E-state index in [0.29, 0.717) is 12.9 Å². The van der Waals surface area contributed by atoms with Gasteiger partial charge in [-0.25, -0.2) is 0 Å². The first-order valence-electron chi connectivity index (χ1n) is 2.98. The Labute approximate surface area is 55.0 Å². The quantitative estimate of drug-likeness (QED) is 0.405. The first-order valence-corrected chi connectivity index (χ1v) is 2.98. The number of hydrogen-bond donors (Lipinski definition) is 0. The van der Waals surface area contributed by atoms with E-state index in [2.05, 4.69) is 0 Å². The third kappa shape index (κ3) is 5.46. The molecule has 0 saturated carbocycles. The Kier molecular flexibility index (Phi) is 5.46. The van der Waals surface area contributed by atoms with Crippen LogP contribution in [0, 0.1) is 0 Å². The molecule has 1 atom stereocenters. The smallest absolute Gasteiger partial charge is 0.155 e. The Morgan fingerprint density at radius 2 is 2.22 bits per heavy atom. The highest BCUT2D eigenvalue weighted by molar-refractivity contribution is 5.50. The SMILES string of the molecule is CCOC(C)OCC=O. The third-order valence-corrected chi connectivity index (χ3v) is 0.800. The van der Waals surface area contributed by atoms with E-state index < -0.39 is 0 Å². The van der Waals surface area contributed by atoms with Gasteiger partial charge in [0.05, 0.1) is 0 Å². The van der Waals surface area contributed by atoms with Gasteiger partial charge >= 0.3 is 0 Å². The molecule has 0 saturated heterocycles. The molecule has 0 heterocycles. The molecule has 3 heteroatoms. The van der Waals surface area contributed by atoms with Crippen molar-refractivity contribution in [3.05, 3.63) is 0 Å². The van der Waals surface area contributed by atoms with Crippen LogP contribution in [-0.4, -0.2) is 25.8 Å². The zero-order valence-corrected chi connectivity index (χ0v) is 5.79. The molecule has 0 N–H and O–H groups in total.